The minimum atomic E-state index is -1.28. The molecule has 0 saturated carbocycles. The van der Waals surface area contributed by atoms with Gasteiger partial charge < -0.3 is 15.7 Å². The first-order chi connectivity index (χ1) is 11.7. The Morgan fingerprint density at radius 3 is 1.96 bits per heavy atom. The van der Waals surface area contributed by atoms with Crippen LogP contribution >= 0.6 is 0 Å². The lowest BCUT2D eigenvalue weighted by atomic mass is 10.0. The molecule has 3 atom stereocenters. The molecule has 5 N–H and O–H groups in total. The van der Waals surface area contributed by atoms with E-state index in [4.69, 9.17) is 0 Å². The SMILES string of the molecule is Cc1ccc(C(C)NC(=O)c2cc([NH+]([O-])O)c(C)c([NH+]([O-])O)c2)cc1. The summed E-state index contributed by atoms with van der Waals surface area (Å²) in [7, 11) is 0. The van der Waals surface area contributed by atoms with E-state index in [9.17, 15) is 25.6 Å². The second-order valence-electron chi connectivity index (χ2n) is 5.91. The average molecular weight is 347 g/mol. The maximum atomic E-state index is 12.5. The van der Waals surface area contributed by atoms with E-state index in [1.54, 1.807) is 6.92 Å². The van der Waals surface area contributed by atoms with Gasteiger partial charge in [-0.1, -0.05) is 29.8 Å². The smallest absolute Gasteiger partial charge is 0.252 e. The summed E-state index contributed by atoms with van der Waals surface area (Å²) in [5.74, 6) is -0.530. The first-order valence-corrected chi connectivity index (χ1v) is 7.69. The van der Waals surface area contributed by atoms with Crippen molar-refractivity contribution in [1.29, 1.82) is 0 Å². The van der Waals surface area contributed by atoms with Gasteiger partial charge in [0.05, 0.1) is 17.2 Å². The lowest BCUT2D eigenvalue weighted by Gasteiger charge is -2.21. The molecular weight excluding hydrogens is 326 g/mol. The normalized spacial score (nSPS) is 14.7. The first kappa shape index (κ1) is 19.0. The van der Waals surface area contributed by atoms with Gasteiger partial charge in [0.1, 0.15) is 0 Å². The van der Waals surface area contributed by atoms with E-state index in [0.29, 0.717) is 0 Å². The Balaban J connectivity index is 2.30. The molecule has 0 radical (unpaired) electrons. The van der Waals surface area contributed by atoms with Gasteiger partial charge in [0.2, 0.25) is 0 Å². The molecule has 8 heteroatoms. The summed E-state index contributed by atoms with van der Waals surface area (Å²) in [6.07, 6.45) is 0. The van der Waals surface area contributed by atoms with Crippen LogP contribution in [0.25, 0.3) is 0 Å². The summed E-state index contributed by atoms with van der Waals surface area (Å²) < 4.78 is 0. The molecule has 0 aliphatic heterocycles. The highest BCUT2D eigenvalue weighted by molar-refractivity contribution is 5.96. The zero-order chi connectivity index (χ0) is 18.7. The van der Waals surface area contributed by atoms with Crippen molar-refractivity contribution in [3.05, 3.63) is 69.1 Å². The van der Waals surface area contributed by atoms with Gasteiger partial charge in [0, 0.05) is 12.1 Å². The number of aryl methyl sites for hydroxylation is 1. The molecule has 2 aromatic carbocycles. The van der Waals surface area contributed by atoms with Gasteiger partial charge in [0.15, 0.2) is 11.4 Å². The van der Waals surface area contributed by atoms with E-state index in [-0.39, 0.29) is 28.5 Å². The van der Waals surface area contributed by atoms with Crippen LogP contribution in [0, 0.1) is 24.3 Å². The number of amides is 1. The molecule has 134 valence electrons. The highest BCUT2D eigenvalue weighted by Crippen LogP contribution is 2.21. The maximum Gasteiger partial charge on any atom is 0.252 e. The number of carbonyl (C=O) groups is 1. The summed E-state index contributed by atoms with van der Waals surface area (Å²) in [4.78, 5) is 12.5. The van der Waals surface area contributed by atoms with Crippen molar-refractivity contribution in [2.45, 2.75) is 26.8 Å². The summed E-state index contributed by atoms with van der Waals surface area (Å²) in [6.45, 7) is 5.16. The van der Waals surface area contributed by atoms with Gasteiger partial charge >= 0.3 is 0 Å². The van der Waals surface area contributed by atoms with Crippen molar-refractivity contribution in [3.63, 3.8) is 0 Å². The number of rotatable bonds is 5. The van der Waals surface area contributed by atoms with Crippen LogP contribution in [0.2, 0.25) is 0 Å². The third-order valence-electron chi connectivity index (χ3n) is 4.06. The third-order valence-corrected chi connectivity index (χ3v) is 4.06. The Bertz CT molecular complexity index is 730. The Hall–Kier alpha value is -2.33. The van der Waals surface area contributed by atoms with Crippen molar-refractivity contribution >= 4 is 17.3 Å². The Morgan fingerprint density at radius 2 is 1.52 bits per heavy atom. The fraction of sp³-hybridized carbons (Fsp3) is 0.235. The Kier molecular flexibility index (Phi) is 5.85. The molecule has 25 heavy (non-hydrogen) atoms. The molecule has 2 aromatic rings. The standard InChI is InChI=1S/C17H21N3O5/c1-10-4-6-13(7-5-10)12(3)18-17(21)14-8-15(19(22)23)11(2)16(9-14)20(24)25/h4-9,12,19-20,22,24H,1-3H3,(H,18,21). The zero-order valence-electron chi connectivity index (χ0n) is 14.2. The van der Waals surface area contributed by atoms with E-state index >= 15 is 0 Å². The average Bonchev–Trinajstić information content (AvgIpc) is 2.54. The van der Waals surface area contributed by atoms with Gasteiger partial charge in [-0.15, -0.1) is 0 Å². The van der Waals surface area contributed by atoms with Gasteiger partial charge in [-0.25, -0.2) is 10.4 Å². The van der Waals surface area contributed by atoms with Gasteiger partial charge in [-0.3, -0.25) is 4.79 Å². The van der Waals surface area contributed by atoms with Crippen molar-refractivity contribution in [3.8, 4) is 0 Å². The number of quaternary nitrogens is 2. The third kappa shape index (κ3) is 4.40. The fourth-order valence-electron chi connectivity index (χ4n) is 2.51. The fourth-order valence-corrected chi connectivity index (χ4v) is 2.51. The van der Waals surface area contributed by atoms with Gasteiger partial charge in [-0.2, -0.15) is 10.5 Å². The molecule has 2 rings (SSSR count). The molecule has 0 bridgehead atoms. The van der Waals surface area contributed by atoms with Crippen LogP contribution in [-0.2, 0) is 0 Å². The minimum Gasteiger partial charge on any atom is -0.595 e. The van der Waals surface area contributed by atoms with Crippen LogP contribution in [-0.4, -0.2) is 16.3 Å². The van der Waals surface area contributed by atoms with E-state index in [1.807, 2.05) is 31.2 Å². The van der Waals surface area contributed by atoms with Gasteiger partial charge in [0.25, 0.3) is 5.91 Å². The Morgan fingerprint density at radius 1 is 1.04 bits per heavy atom. The minimum absolute atomic E-state index is 0.000591. The first-order valence-electron chi connectivity index (χ1n) is 7.69. The molecular formula is C17H21N3O5. The summed E-state index contributed by atoms with van der Waals surface area (Å²) in [5, 5.41) is 41.3. The summed E-state index contributed by atoms with van der Waals surface area (Å²) >= 11 is 0. The number of carbonyl (C=O) groups excluding carboxylic acids is 1. The predicted octanol–water partition coefficient (Wildman–Crippen LogP) is 0.601. The van der Waals surface area contributed by atoms with Crippen LogP contribution in [0.3, 0.4) is 0 Å². The van der Waals surface area contributed by atoms with E-state index in [0.717, 1.165) is 11.1 Å². The zero-order valence-corrected chi connectivity index (χ0v) is 14.2. The monoisotopic (exact) mass is 347 g/mol. The van der Waals surface area contributed by atoms with E-state index in [2.05, 4.69) is 5.32 Å². The highest BCUT2D eigenvalue weighted by atomic mass is 16.8. The van der Waals surface area contributed by atoms with Gasteiger partial charge in [-0.05, 0) is 26.3 Å². The Labute approximate surface area is 145 Å². The summed E-state index contributed by atoms with van der Waals surface area (Å²) in [6, 6.07) is 9.71. The van der Waals surface area contributed by atoms with Crippen LogP contribution in [0.4, 0.5) is 11.4 Å². The lowest BCUT2D eigenvalue weighted by molar-refractivity contribution is -0.996. The molecule has 0 aliphatic carbocycles. The molecule has 3 unspecified atom stereocenters. The van der Waals surface area contributed by atoms with Crippen LogP contribution in [0.1, 0.15) is 40.0 Å². The van der Waals surface area contributed by atoms with Crippen molar-refractivity contribution in [2.24, 2.45) is 0 Å². The maximum absolute atomic E-state index is 12.5. The molecule has 0 aromatic heterocycles. The molecule has 0 saturated heterocycles. The molecule has 0 fully saturated rings. The van der Waals surface area contributed by atoms with Crippen LogP contribution < -0.4 is 15.8 Å². The highest BCUT2D eigenvalue weighted by Gasteiger charge is 2.21. The lowest BCUT2D eigenvalue weighted by Crippen LogP contribution is -3.01. The number of nitrogens with one attached hydrogen (secondary N) is 3. The van der Waals surface area contributed by atoms with Crippen molar-refractivity contribution < 1.29 is 25.7 Å². The van der Waals surface area contributed by atoms with Crippen LogP contribution in [0.5, 0.6) is 0 Å². The molecule has 0 spiro atoms. The predicted molar refractivity (Wildman–Crippen MR) is 89.8 cm³/mol. The van der Waals surface area contributed by atoms with Crippen LogP contribution in [0.15, 0.2) is 36.4 Å². The molecule has 0 aliphatic rings. The van der Waals surface area contributed by atoms with Crippen molar-refractivity contribution in [1.82, 2.24) is 5.32 Å². The number of hydrogen-bond donors (Lipinski definition) is 5. The molecule has 1 amide bonds. The number of benzene rings is 2. The topological polar surface area (TPSA) is 125 Å². The summed E-state index contributed by atoms with van der Waals surface area (Å²) in [5.41, 5.74) is 1.70. The second-order valence-corrected chi connectivity index (χ2v) is 5.91. The number of hydrogen-bond acceptors (Lipinski definition) is 5. The van der Waals surface area contributed by atoms with E-state index in [1.165, 1.54) is 19.1 Å². The molecule has 8 nitrogen and oxygen atoms in total. The largest absolute Gasteiger partial charge is 0.595 e. The molecule has 0 heterocycles. The second kappa shape index (κ2) is 7.70. The quantitative estimate of drug-likeness (QED) is 0.507. The van der Waals surface area contributed by atoms with E-state index < -0.39 is 16.4 Å². The van der Waals surface area contributed by atoms with Crippen molar-refractivity contribution in [2.75, 3.05) is 0 Å².